The second kappa shape index (κ2) is 11.6. The van der Waals surface area contributed by atoms with Gasteiger partial charge < -0.3 is 5.32 Å². The molecular weight excluding hydrogens is 270 g/mol. The summed E-state index contributed by atoms with van der Waals surface area (Å²) in [5, 5.41) is 2.92. The third kappa shape index (κ3) is 7.07. The molecule has 0 radical (unpaired) electrons. The van der Waals surface area contributed by atoms with Gasteiger partial charge in [-0.1, -0.05) is 75.2 Å². The fraction of sp³-hybridized carbons (Fsp3) is 0.350. The van der Waals surface area contributed by atoms with Gasteiger partial charge in [0.05, 0.1) is 0 Å². The van der Waals surface area contributed by atoms with Gasteiger partial charge in [-0.05, 0) is 31.5 Å². The summed E-state index contributed by atoms with van der Waals surface area (Å²) < 4.78 is 0. The van der Waals surface area contributed by atoms with Crippen LogP contribution >= 0.6 is 0 Å². The highest BCUT2D eigenvalue weighted by atomic mass is 16.1. The van der Waals surface area contributed by atoms with Gasteiger partial charge in [0, 0.05) is 12.1 Å². The molecule has 2 nitrogen and oxygen atoms in total. The van der Waals surface area contributed by atoms with E-state index in [0.29, 0.717) is 12.1 Å². The summed E-state index contributed by atoms with van der Waals surface area (Å²) >= 11 is 0. The third-order valence-corrected chi connectivity index (χ3v) is 2.89. The highest BCUT2D eigenvalue weighted by Crippen LogP contribution is 2.05. The lowest BCUT2D eigenvalue weighted by Crippen LogP contribution is -2.22. The molecule has 0 spiro atoms. The maximum Gasteiger partial charge on any atom is 0.251 e. The summed E-state index contributed by atoms with van der Waals surface area (Å²) in [7, 11) is 0. The largest absolute Gasteiger partial charge is 0.348 e. The van der Waals surface area contributed by atoms with Gasteiger partial charge in [-0.3, -0.25) is 4.79 Å². The third-order valence-electron chi connectivity index (χ3n) is 2.89. The molecule has 0 aliphatic rings. The molecule has 2 heteroatoms. The van der Waals surface area contributed by atoms with Crippen LogP contribution in [0.4, 0.5) is 0 Å². The van der Waals surface area contributed by atoms with Crippen molar-refractivity contribution in [2.24, 2.45) is 0 Å². The molecule has 0 bridgehead atoms. The molecular formula is C20H29NO. The Bertz CT molecular complexity index is 527. The van der Waals surface area contributed by atoms with Crippen molar-refractivity contribution in [1.82, 2.24) is 5.32 Å². The summed E-state index contributed by atoms with van der Waals surface area (Å²) in [6.07, 6.45) is 0. The van der Waals surface area contributed by atoms with Crippen LogP contribution in [0.1, 0.15) is 54.7 Å². The molecule has 0 heterocycles. The summed E-state index contributed by atoms with van der Waals surface area (Å²) in [4.78, 5) is 11.9. The predicted molar refractivity (Wildman–Crippen MR) is 96.2 cm³/mol. The molecule has 2 aromatic carbocycles. The molecule has 120 valence electrons. The van der Waals surface area contributed by atoms with E-state index in [4.69, 9.17) is 0 Å². The highest BCUT2D eigenvalue weighted by Gasteiger charge is 2.04. The maximum absolute atomic E-state index is 11.9. The number of hydrogen-bond donors (Lipinski definition) is 1. The smallest absolute Gasteiger partial charge is 0.251 e. The molecule has 0 fully saturated rings. The van der Waals surface area contributed by atoms with Crippen molar-refractivity contribution >= 4 is 5.91 Å². The van der Waals surface area contributed by atoms with Crippen molar-refractivity contribution in [1.29, 1.82) is 0 Å². The minimum absolute atomic E-state index is 0.0319. The Morgan fingerprint density at radius 3 is 1.64 bits per heavy atom. The Labute approximate surface area is 135 Å². The zero-order valence-corrected chi connectivity index (χ0v) is 14.7. The standard InChI is InChI=1S/C16H17NO.2C2H6/c1-12-3-7-14(8-4-12)11-17-16(18)15-9-5-13(2)6-10-15;2*1-2/h3-10H,11H2,1-2H3,(H,17,18);2*1-2H3. The van der Waals surface area contributed by atoms with E-state index >= 15 is 0 Å². The lowest BCUT2D eigenvalue weighted by atomic mass is 10.1. The number of amides is 1. The average Bonchev–Trinajstić information content (AvgIpc) is 2.58. The van der Waals surface area contributed by atoms with Crippen LogP contribution in [0.2, 0.25) is 0 Å². The summed E-state index contributed by atoms with van der Waals surface area (Å²) in [5.74, 6) is -0.0319. The first-order chi connectivity index (χ1) is 10.6. The first-order valence-corrected chi connectivity index (χ1v) is 8.05. The number of benzene rings is 2. The van der Waals surface area contributed by atoms with E-state index in [1.54, 1.807) is 0 Å². The van der Waals surface area contributed by atoms with E-state index < -0.39 is 0 Å². The molecule has 2 rings (SSSR count). The first kappa shape index (κ1) is 19.9. The molecule has 1 N–H and O–H groups in total. The van der Waals surface area contributed by atoms with E-state index in [1.807, 2.05) is 83.1 Å². The van der Waals surface area contributed by atoms with Crippen molar-refractivity contribution in [2.45, 2.75) is 48.1 Å². The Kier molecular flexibility index (Phi) is 10.5. The van der Waals surface area contributed by atoms with Gasteiger partial charge in [0.15, 0.2) is 0 Å². The van der Waals surface area contributed by atoms with Crippen LogP contribution in [0.25, 0.3) is 0 Å². The maximum atomic E-state index is 11.9. The fourth-order valence-corrected chi connectivity index (χ4v) is 1.70. The Morgan fingerprint density at radius 2 is 1.18 bits per heavy atom. The van der Waals surface area contributed by atoms with Crippen molar-refractivity contribution in [2.75, 3.05) is 0 Å². The van der Waals surface area contributed by atoms with Gasteiger partial charge in [-0.25, -0.2) is 0 Å². The van der Waals surface area contributed by atoms with Gasteiger partial charge >= 0.3 is 0 Å². The van der Waals surface area contributed by atoms with Gasteiger partial charge in [-0.15, -0.1) is 0 Å². The van der Waals surface area contributed by atoms with Crippen LogP contribution in [0, 0.1) is 13.8 Å². The number of hydrogen-bond acceptors (Lipinski definition) is 1. The van der Waals surface area contributed by atoms with E-state index in [0.717, 1.165) is 11.1 Å². The predicted octanol–water partition coefficient (Wildman–Crippen LogP) is 5.29. The van der Waals surface area contributed by atoms with Crippen LogP contribution in [-0.4, -0.2) is 5.91 Å². The number of aryl methyl sites for hydroxylation is 2. The lowest BCUT2D eigenvalue weighted by Gasteiger charge is -2.06. The molecule has 0 aliphatic heterocycles. The summed E-state index contributed by atoms with van der Waals surface area (Å²) in [6.45, 7) is 12.6. The van der Waals surface area contributed by atoms with Crippen LogP contribution in [0.5, 0.6) is 0 Å². The second-order valence-corrected chi connectivity index (χ2v) is 4.53. The fourth-order valence-electron chi connectivity index (χ4n) is 1.70. The molecule has 0 unspecified atom stereocenters. The molecule has 1 amide bonds. The summed E-state index contributed by atoms with van der Waals surface area (Å²) in [6, 6.07) is 15.7. The summed E-state index contributed by atoms with van der Waals surface area (Å²) in [5.41, 5.74) is 4.20. The van der Waals surface area contributed by atoms with Gasteiger partial charge in [0.25, 0.3) is 5.91 Å². The Morgan fingerprint density at radius 1 is 0.773 bits per heavy atom. The normalized spacial score (nSPS) is 8.82. The number of carbonyl (C=O) groups is 1. The molecule has 0 saturated carbocycles. The van der Waals surface area contributed by atoms with Crippen LogP contribution < -0.4 is 5.32 Å². The highest BCUT2D eigenvalue weighted by molar-refractivity contribution is 5.94. The zero-order valence-electron chi connectivity index (χ0n) is 14.7. The van der Waals surface area contributed by atoms with E-state index in [9.17, 15) is 4.79 Å². The molecule has 0 aromatic heterocycles. The van der Waals surface area contributed by atoms with Gasteiger partial charge in [0.2, 0.25) is 0 Å². The zero-order chi connectivity index (χ0) is 17.0. The molecule has 0 atom stereocenters. The van der Waals surface area contributed by atoms with E-state index in [1.165, 1.54) is 5.56 Å². The van der Waals surface area contributed by atoms with Crippen molar-refractivity contribution in [3.8, 4) is 0 Å². The Balaban J connectivity index is 0.00000102. The molecule has 2 aromatic rings. The average molecular weight is 299 g/mol. The second-order valence-electron chi connectivity index (χ2n) is 4.53. The molecule has 0 aliphatic carbocycles. The van der Waals surface area contributed by atoms with Crippen LogP contribution in [0.15, 0.2) is 48.5 Å². The minimum atomic E-state index is -0.0319. The number of nitrogens with one attached hydrogen (secondary N) is 1. The number of rotatable bonds is 3. The topological polar surface area (TPSA) is 29.1 Å². The first-order valence-electron chi connectivity index (χ1n) is 8.05. The van der Waals surface area contributed by atoms with Gasteiger partial charge in [0.1, 0.15) is 0 Å². The van der Waals surface area contributed by atoms with E-state index in [2.05, 4.69) is 12.2 Å². The van der Waals surface area contributed by atoms with Crippen molar-refractivity contribution < 1.29 is 4.79 Å². The van der Waals surface area contributed by atoms with E-state index in [-0.39, 0.29) is 5.91 Å². The molecule has 22 heavy (non-hydrogen) atoms. The van der Waals surface area contributed by atoms with Crippen LogP contribution in [-0.2, 0) is 6.54 Å². The Hall–Kier alpha value is -2.09. The monoisotopic (exact) mass is 299 g/mol. The minimum Gasteiger partial charge on any atom is -0.348 e. The SMILES string of the molecule is CC.CC.Cc1ccc(CNC(=O)c2ccc(C)cc2)cc1. The lowest BCUT2D eigenvalue weighted by molar-refractivity contribution is 0.0951. The van der Waals surface area contributed by atoms with Crippen molar-refractivity contribution in [3.05, 3.63) is 70.8 Å². The molecule has 0 saturated heterocycles. The number of carbonyl (C=O) groups excluding carboxylic acids is 1. The van der Waals surface area contributed by atoms with Gasteiger partial charge in [-0.2, -0.15) is 0 Å². The quantitative estimate of drug-likeness (QED) is 0.820. The van der Waals surface area contributed by atoms with Crippen LogP contribution in [0.3, 0.4) is 0 Å². The van der Waals surface area contributed by atoms with Crippen molar-refractivity contribution in [3.63, 3.8) is 0 Å².